The zero-order valence-corrected chi connectivity index (χ0v) is 10.1. The SMILES string of the molecule is Cc1ncc(C)c(NCCc2ccncc2)n1. The normalized spacial score (nSPS) is 10.2. The lowest BCUT2D eigenvalue weighted by Crippen LogP contribution is -2.08. The van der Waals surface area contributed by atoms with Gasteiger partial charge in [-0.1, -0.05) is 0 Å². The Morgan fingerprint density at radius 1 is 1.18 bits per heavy atom. The molecule has 1 N–H and O–H groups in total. The summed E-state index contributed by atoms with van der Waals surface area (Å²) in [6.45, 7) is 4.77. The van der Waals surface area contributed by atoms with Gasteiger partial charge in [0, 0.05) is 30.7 Å². The summed E-state index contributed by atoms with van der Waals surface area (Å²) in [5.41, 5.74) is 2.35. The van der Waals surface area contributed by atoms with Crippen molar-refractivity contribution in [2.24, 2.45) is 0 Å². The van der Waals surface area contributed by atoms with Gasteiger partial charge >= 0.3 is 0 Å². The van der Waals surface area contributed by atoms with Crippen LogP contribution in [0.15, 0.2) is 30.7 Å². The van der Waals surface area contributed by atoms with Crippen LogP contribution in [0.1, 0.15) is 17.0 Å². The monoisotopic (exact) mass is 228 g/mol. The van der Waals surface area contributed by atoms with Crippen LogP contribution in [0.3, 0.4) is 0 Å². The summed E-state index contributed by atoms with van der Waals surface area (Å²) in [7, 11) is 0. The fourth-order valence-corrected chi connectivity index (χ4v) is 1.58. The van der Waals surface area contributed by atoms with Crippen LogP contribution in [0.5, 0.6) is 0 Å². The van der Waals surface area contributed by atoms with Crippen molar-refractivity contribution in [1.29, 1.82) is 0 Å². The Kier molecular flexibility index (Phi) is 3.65. The Morgan fingerprint density at radius 2 is 1.94 bits per heavy atom. The molecule has 0 spiro atoms. The molecule has 2 aromatic heterocycles. The van der Waals surface area contributed by atoms with Crippen LogP contribution in [-0.4, -0.2) is 21.5 Å². The van der Waals surface area contributed by atoms with Gasteiger partial charge in [-0.2, -0.15) is 0 Å². The molecule has 0 saturated heterocycles. The molecule has 0 unspecified atom stereocenters. The van der Waals surface area contributed by atoms with E-state index in [0.717, 1.165) is 30.2 Å². The third kappa shape index (κ3) is 3.24. The lowest BCUT2D eigenvalue weighted by molar-refractivity contribution is 0.967. The van der Waals surface area contributed by atoms with Gasteiger partial charge in [-0.05, 0) is 38.0 Å². The van der Waals surface area contributed by atoms with Gasteiger partial charge in [-0.15, -0.1) is 0 Å². The van der Waals surface area contributed by atoms with Crippen LogP contribution in [0.2, 0.25) is 0 Å². The number of hydrogen-bond donors (Lipinski definition) is 1. The Morgan fingerprint density at radius 3 is 2.71 bits per heavy atom. The molecule has 0 atom stereocenters. The lowest BCUT2D eigenvalue weighted by Gasteiger charge is -2.08. The first-order chi connectivity index (χ1) is 8.25. The predicted octanol–water partition coefficient (Wildman–Crippen LogP) is 2.14. The number of pyridine rings is 1. The Balaban J connectivity index is 1.92. The minimum absolute atomic E-state index is 0.794. The van der Waals surface area contributed by atoms with E-state index >= 15 is 0 Å². The molecule has 88 valence electrons. The number of aromatic nitrogens is 3. The van der Waals surface area contributed by atoms with Gasteiger partial charge < -0.3 is 5.32 Å². The van der Waals surface area contributed by atoms with Crippen LogP contribution < -0.4 is 5.32 Å². The van der Waals surface area contributed by atoms with Crippen molar-refractivity contribution in [3.8, 4) is 0 Å². The smallest absolute Gasteiger partial charge is 0.132 e. The molecule has 0 aliphatic rings. The maximum Gasteiger partial charge on any atom is 0.132 e. The maximum absolute atomic E-state index is 4.37. The van der Waals surface area contributed by atoms with Gasteiger partial charge in [0.05, 0.1) is 0 Å². The quantitative estimate of drug-likeness (QED) is 0.871. The first-order valence-corrected chi connectivity index (χ1v) is 5.69. The second-order valence-electron chi connectivity index (χ2n) is 3.98. The first-order valence-electron chi connectivity index (χ1n) is 5.69. The first kappa shape index (κ1) is 11.5. The zero-order chi connectivity index (χ0) is 12.1. The predicted molar refractivity (Wildman–Crippen MR) is 67.9 cm³/mol. The van der Waals surface area contributed by atoms with Crippen LogP contribution in [0, 0.1) is 13.8 Å². The van der Waals surface area contributed by atoms with E-state index in [0.29, 0.717) is 0 Å². The fourth-order valence-electron chi connectivity index (χ4n) is 1.58. The summed E-state index contributed by atoms with van der Waals surface area (Å²) in [5.74, 6) is 1.72. The van der Waals surface area contributed by atoms with Crippen molar-refractivity contribution in [3.05, 3.63) is 47.7 Å². The highest BCUT2D eigenvalue weighted by molar-refractivity contribution is 5.41. The minimum Gasteiger partial charge on any atom is -0.369 e. The van der Waals surface area contributed by atoms with Gasteiger partial charge in [-0.3, -0.25) is 4.98 Å². The number of nitrogens with one attached hydrogen (secondary N) is 1. The summed E-state index contributed by atoms with van der Waals surface area (Å²) >= 11 is 0. The molecule has 17 heavy (non-hydrogen) atoms. The van der Waals surface area contributed by atoms with E-state index in [1.54, 1.807) is 0 Å². The standard InChI is InChI=1S/C13H16N4/c1-10-9-16-11(2)17-13(10)15-8-5-12-3-6-14-7-4-12/h3-4,6-7,9H,5,8H2,1-2H3,(H,15,16,17). The third-order valence-corrected chi connectivity index (χ3v) is 2.55. The van der Waals surface area contributed by atoms with Gasteiger partial charge in [-0.25, -0.2) is 9.97 Å². The summed E-state index contributed by atoms with van der Waals surface area (Å²) in [5, 5.41) is 3.33. The number of nitrogens with zero attached hydrogens (tertiary/aromatic N) is 3. The number of aryl methyl sites for hydroxylation is 2. The van der Waals surface area contributed by atoms with Crippen molar-refractivity contribution in [1.82, 2.24) is 15.0 Å². The highest BCUT2D eigenvalue weighted by Gasteiger charge is 2.00. The molecular formula is C13H16N4. The number of anilines is 1. The molecule has 4 nitrogen and oxygen atoms in total. The molecule has 4 heteroatoms. The maximum atomic E-state index is 4.37. The van der Waals surface area contributed by atoms with Crippen LogP contribution in [0.25, 0.3) is 0 Å². The summed E-state index contributed by atoms with van der Waals surface area (Å²) in [6.07, 6.45) is 6.44. The molecule has 0 aliphatic carbocycles. The highest BCUT2D eigenvalue weighted by atomic mass is 15.0. The van der Waals surface area contributed by atoms with E-state index in [1.807, 2.05) is 44.6 Å². The van der Waals surface area contributed by atoms with E-state index < -0.39 is 0 Å². The largest absolute Gasteiger partial charge is 0.369 e. The highest BCUT2D eigenvalue weighted by Crippen LogP contribution is 2.09. The molecule has 0 fully saturated rings. The lowest BCUT2D eigenvalue weighted by atomic mass is 10.2. The molecule has 2 rings (SSSR count). The van der Waals surface area contributed by atoms with Gasteiger partial charge in [0.2, 0.25) is 0 Å². The summed E-state index contributed by atoms with van der Waals surface area (Å²) in [4.78, 5) is 12.5. The Hall–Kier alpha value is -1.97. The van der Waals surface area contributed by atoms with Crippen molar-refractivity contribution >= 4 is 5.82 Å². The molecule has 0 aliphatic heterocycles. The molecule has 0 amide bonds. The second-order valence-corrected chi connectivity index (χ2v) is 3.98. The average molecular weight is 228 g/mol. The zero-order valence-electron chi connectivity index (χ0n) is 10.1. The number of rotatable bonds is 4. The molecule has 2 heterocycles. The van der Waals surface area contributed by atoms with E-state index in [1.165, 1.54) is 5.56 Å². The van der Waals surface area contributed by atoms with E-state index in [2.05, 4.69) is 20.3 Å². The molecular weight excluding hydrogens is 212 g/mol. The topological polar surface area (TPSA) is 50.7 Å². The second kappa shape index (κ2) is 5.39. The van der Waals surface area contributed by atoms with E-state index in [4.69, 9.17) is 0 Å². The van der Waals surface area contributed by atoms with Crippen molar-refractivity contribution in [2.75, 3.05) is 11.9 Å². The number of hydrogen-bond acceptors (Lipinski definition) is 4. The van der Waals surface area contributed by atoms with Crippen molar-refractivity contribution in [3.63, 3.8) is 0 Å². The van der Waals surface area contributed by atoms with Crippen LogP contribution in [-0.2, 0) is 6.42 Å². The van der Waals surface area contributed by atoms with Crippen molar-refractivity contribution in [2.45, 2.75) is 20.3 Å². The van der Waals surface area contributed by atoms with E-state index in [9.17, 15) is 0 Å². The Bertz CT molecular complexity index is 482. The van der Waals surface area contributed by atoms with Gasteiger partial charge in [0.25, 0.3) is 0 Å². The minimum atomic E-state index is 0.794. The van der Waals surface area contributed by atoms with Crippen LogP contribution >= 0.6 is 0 Å². The molecule has 0 saturated carbocycles. The molecule has 0 bridgehead atoms. The Labute approximate surface area is 101 Å². The molecule has 0 aromatic carbocycles. The van der Waals surface area contributed by atoms with Crippen molar-refractivity contribution < 1.29 is 0 Å². The average Bonchev–Trinajstić information content (AvgIpc) is 2.35. The molecule has 2 aromatic rings. The van der Waals surface area contributed by atoms with E-state index in [-0.39, 0.29) is 0 Å². The summed E-state index contributed by atoms with van der Waals surface area (Å²) < 4.78 is 0. The third-order valence-electron chi connectivity index (χ3n) is 2.55. The summed E-state index contributed by atoms with van der Waals surface area (Å²) in [6, 6.07) is 4.06. The van der Waals surface area contributed by atoms with Gasteiger partial charge in [0.1, 0.15) is 11.6 Å². The van der Waals surface area contributed by atoms with Gasteiger partial charge in [0.15, 0.2) is 0 Å². The fraction of sp³-hybridized carbons (Fsp3) is 0.308. The van der Waals surface area contributed by atoms with Crippen LogP contribution in [0.4, 0.5) is 5.82 Å². The molecule has 0 radical (unpaired) electrons.